The molecule has 1 fully saturated rings. The molecule has 8 heteroatoms. The highest BCUT2D eigenvalue weighted by molar-refractivity contribution is 5.79. The zero-order chi connectivity index (χ0) is 15.6. The summed E-state index contributed by atoms with van der Waals surface area (Å²) in [5.41, 5.74) is -0.891. The van der Waals surface area contributed by atoms with Crippen molar-refractivity contribution in [1.29, 1.82) is 0 Å². The number of aromatic nitrogens is 3. The molecule has 1 saturated carbocycles. The molecule has 2 amide bonds. The van der Waals surface area contributed by atoms with Crippen LogP contribution in [-0.2, 0) is 11.3 Å². The third-order valence-electron chi connectivity index (χ3n) is 4.11. The third kappa shape index (κ3) is 3.14. The van der Waals surface area contributed by atoms with Crippen molar-refractivity contribution in [2.75, 3.05) is 7.05 Å². The van der Waals surface area contributed by atoms with Gasteiger partial charge >= 0.3 is 12.0 Å². The molecule has 116 valence electrons. The van der Waals surface area contributed by atoms with Crippen LogP contribution in [0.15, 0.2) is 0 Å². The minimum atomic E-state index is -0.891. The highest BCUT2D eigenvalue weighted by Crippen LogP contribution is 2.38. The van der Waals surface area contributed by atoms with Gasteiger partial charge in [0.1, 0.15) is 5.82 Å². The average molecular weight is 295 g/mol. The smallest absolute Gasteiger partial charge is 0.317 e. The highest BCUT2D eigenvalue weighted by Gasteiger charge is 2.46. The second-order valence-corrected chi connectivity index (χ2v) is 5.81. The maximum Gasteiger partial charge on any atom is 0.317 e. The Bertz CT molecular complexity index is 544. The Morgan fingerprint density at radius 1 is 1.57 bits per heavy atom. The number of aryl methyl sites for hydroxylation is 1. The number of carboxylic acid groups (broad SMARTS) is 1. The fourth-order valence-corrected chi connectivity index (χ4v) is 2.66. The minimum Gasteiger partial charge on any atom is -0.481 e. The van der Waals surface area contributed by atoms with E-state index in [0.717, 1.165) is 6.42 Å². The van der Waals surface area contributed by atoms with E-state index in [1.807, 2.05) is 0 Å². The first-order chi connectivity index (χ1) is 9.83. The molecule has 1 heterocycles. The van der Waals surface area contributed by atoms with Crippen molar-refractivity contribution in [2.24, 2.45) is 5.41 Å². The number of aromatic amines is 1. The molecule has 3 N–H and O–H groups in total. The summed E-state index contributed by atoms with van der Waals surface area (Å²) >= 11 is 0. The van der Waals surface area contributed by atoms with Crippen molar-refractivity contribution in [3.63, 3.8) is 0 Å². The molecule has 1 aromatic heterocycles. The van der Waals surface area contributed by atoms with Gasteiger partial charge in [0.15, 0.2) is 5.82 Å². The largest absolute Gasteiger partial charge is 0.481 e. The summed E-state index contributed by atoms with van der Waals surface area (Å²) < 4.78 is 0. The molecule has 2 rings (SSSR count). The van der Waals surface area contributed by atoms with Gasteiger partial charge in [0.2, 0.25) is 0 Å². The van der Waals surface area contributed by atoms with Crippen LogP contribution in [0.2, 0.25) is 0 Å². The lowest BCUT2D eigenvalue weighted by Gasteiger charge is -2.29. The first-order valence-corrected chi connectivity index (χ1v) is 6.96. The molecule has 2 unspecified atom stereocenters. The molecule has 0 aromatic carbocycles. The van der Waals surface area contributed by atoms with Crippen LogP contribution in [0.5, 0.6) is 0 Å². The normalized spacial score (nSPS) is 24.8. The summed E-state index contributed by atoms with van der Waals surface area (Å²) in [6, 6.07) is -0.657. The van der Waals surface area contributed by atoms with Gasteiger partial charge in [-0.3, -0.25) is 9.89 Å². The monoisotopic (exact) mass is 295 g/mol. The van der Waals surface area contributed by atoms with Crippen LogP contribution in [0.3, 0.4) is 0 Å². The van der Waals surface area contributed by atoms with Crippen molar-refractivity contribution >= 4 is 12.0 Å². The Kier molecular flexibility index (Phi) is 4.15. The molecule has 21 heavy (non-hydrogen) atoms. The number of amides is 2. The summed E-state index contributed by atoms with van der Waals surface area (Å²) in [5, 5.41) is 18.9. The summed E-state index contributed by atoms with van der Waals surface area (Å²) in [5.74, 6) is 0.350. The van der Waals surface area contributed by atoms with E-state index >= 15 is 0 Å². The molecule has 0 radical (unpaired) electrons. The van der Waals surface area contributed by atoms with Gasteiger partial charge in [-0.2, -0.15) is 5.10 Å². The topological polar surface area (TPSA) is 111 Å². The average Bonchev–Trinajstić information content (AvgIpc) is 2.97. The zero-order valence-corrected chi connectivity index (χ0v) is 12.5. The van der Waals surface area contributed by atoms with Crippen LogP contribution in [0.1, 0.15) is 37.8 Å². The molecular formula is C13H21N5O3. The number of carboxylic acids is 1. The van der Waals surface area contributed by atoms with Gasteiger partial charge in [0, 0.05) is 13.1 Å². The van der Waals surface area contributed by atoms with Crippen LogP contribution >= 0.6 is 0 Å². The molecule has 2 atom stereocenters. The van der Waals surface area contributed by atoms with E-state index in [2.05, 4.69) is 20.5 Å². The Hall–Kier alpha value is -2.12. The number of carbonyl (C=O) groups excluding carboxylic acids is 1. The number of nitrogens with one attached hydrogen (secondary N) is 2. The second kappa shape index (κ2) is 5.71. The van der Waals surface area contributed by atoms with E-state index in [9.17, 15) is 14.7 Å². The van der Waals surface area contributed by atoms with Crippen LogP contribution in [0.4, 0.5) is 4.79 Å². The van der Waals surface area contributed by atoms with E-state index in [1.54, 1.807) is 20.9 Å². The number of carbonyl (C=O) groups is 2. The first-order valence-electron chi connectivity index (χ1n) is 6.96. The molecule has 1 aromatic rings. The van der Waals surface area contributed by atoms with Crippen molar-refractivity contribution in [1.82, 2.24) is 25.4 Å². The summed E-state index contributed by atoms with van der Waals surface area (Å²) in [7, 11) is 1.63. The van der Waals surface area contributed by atoms with E-state index < -0.39 is 11.4 Å². The molecule has 0 aliphatic heterocycles. The lowest BCUT2D eigenvalue weighted by molar-refractivity contribution is -0.148. The molecular weight excluding hydrogens is 274 g/mol. The van der Waals surface area contributed by atoms with Gasteiger partial charge in [-0.25, -0.2) is 9.78 Å². The molecule has 8 nitrogen and oxygen atoms in total. The molecule has 1 aliphatic rings. The van der Waals surface area contributed by atoms with E-state index in [1.165, 1.54) is 4.90 Å². The quantitative estimate of drug-likeness (QED) is 0.764. The first kappa shape index (κ1) is 15.3. The standard InChI is InChI=1S/C13H21N5O3/c1-8-14-10(17-16-8)7-18(3)12(21)15-9-5-4-6-13(9,2)11(19)20/h9H,4-7H2,1-3H3,(H,15,21)(H,19,20)(H,14,16,17). The van der Waals surface area contributed by atoms with Gasteiger partial charge in [0.25, 0.3) is 0 Å². The summed E-state index contributed by atoms with van der Waals surface area (Å²) in [4.78, 5) is 29.2. The number of H-pyrrole nitrogens is 1. The van der Waals surface area contributed by atoms with E-state index in [-0.39, 0.29) is 18.6 Å². The van der Waals surface area contributed by atoms with Crippen LogP contribution in [-0.4, -0.2) is 50.3 Å². The van der Waals surface area contributed by atoms with Crippen molar-refractivity contribution in [2.45, 2.75) is 45.7 Å². The number of hydrogen-bond donors (Lipinski definition) is 3. The Morgan fingerprint density at radius 2 is 2.29 bits per heavy atom. The van der Waals surface area contributed by atoms with Gasteiger partial charge in [-0.05, 0) is 26.7 Å². The van der Waals surface area contributed by atoms with Crippen LogP contribution in [0, 0.1) is 12.3 Å². The van der Waals surface area contributed by atoms with Crippen molar-refractivity contribution in [3.05, 3.63) is 11.6 Å². The fourth-order valence-electron chi connectivity index (χ4n) is 2.66. The molecule has 0 saturated heterocycles. The summed E-state index contributed by atoms with van der Waals surface area (Å²) in [6.07, 6.45) is 2.07. The Labute approximate surface area is 122 Å². The lowest BCUT2D eigenvalue weighted by atomic mass is 9.85. The number of hydrogen-bond acceptors (Lipinski definition) is 4. The Morgan fingerprint density at radius 3 is 2.86 bits per heavy atom. The predicted molar refractivity (Wildman–Crippen MR) is 74.5 cm³/mol. The van der Waals surface area contributed by atoms with E-state index in [0.29, 0.717) is 24.5 Å². The maximum absolute atomic E-state index is 12.2. The lowest BCUT2D eigenvalue weighted by Crippen LogP contribution is -2.50. The van der Waals surface area contributed by atoms with E-state index in [4.69, 9.17) is 0 Å². The SMILES string of the molecule is Cc1nc(CN(C)C(=O)NC2CCCC2(C)C(=O)O)n[nH]1. The van der Waals surface area contributed by atoms with Crippen molar-refractivity contribution < 1.29 is 14.7 Å². The Balaban J connectivity index is 1.96. The van der Waals surface area contributed by atoms with Gasteiger partial charge in [-0.1, -0.05) is 6.42 Å². The molecule has 1 aliphatic carbocycles. The predicted octanol–water partition coefficient (Wildman–Crippen LogP) is 0.898. The third-order valence-corrected chi connectivity index (χ3v) is 4.11. The number of rotatable bonds is 4. The number of aliphatic carboxylic acids is 1. The number of urea groups is 1. The van der Waals surface area contributed by atoms with Gasteiger partial charge < -0.3 is 15.3 Å². The second-order valence-electron chi connectivity index (χ2n) is 5.81. The van der Waals surface area contributed by atoms with Crippen LogP contribution < -0.4 is 5.32 Å². The summed E-state index contributed by atoms with van der Waals surface area (Å²) in [6.45, 7) is 3.74. The molecule has 0 bridgehead atoms. The van der Waals surface area contributed by atoms with Gasteiger partial charge in [0.05, 0.1) is 12.0 Å². The minimum absolute atomic E-state index is 0.271. The number of nitrogens with zero attached hydrogens (tertiary/aromatic N) is 3. The van der Waals surface area contributed by atoms with Crippen molar-refractivity contribution in [3.8, 4) is 0 Å². The van der Waals surface area contributed by atoms with Crippen LogP contribution in [0.25, 0.3) is 0 Å². The fraction of sp³-hybridized carbons (Fsp3) is 0.692. The maximum atomic E-state index is 12.2. The highest BCUT2D eigenvalue weighted by atomic mass is 16.4. The zero-order valence-electron chi connectivity index (χ0n) is 12.5. The van der Waals surface area contributed by atoms with Gasteiger partial charge in [-0.15, -0.1) is 0 Å². The molecule has 0 spiro atoms.